The molecule has 0 spiro atoms. The molecule has 0 atom stereocenters. The molecular formula is C19H17FN2O4. The average molecular weight is 356 g/mol. The molecule has 0 saturated carbocycles. The summed E-state index contributed by atoms with van der Waals surface area (Å²) < 4.78 is 24.6. The van der Waals surface area contributed by atoms with Crippen LogP contribution in [0.1, 0.15) is 18.1 Å². The van der Waals surface area contributed by atoms with Crippen LogP contribution in [-0.4, -0.2) is 18.5 Å². The topological polar surface area (TPSA) is 76.7 Å². The number of carbonyl (C=O) groups is 2. The van der Waals surface area contributed by atoms with Gasteiger partial charge in [-0.1, -0.05) is 18.2 Å². The lowest BCUT2D eigenvalue weighted by molar-refractivity contribution is -0.115. The molecule has 2 aromatic carbocycles. The molecule has 134 valence electrons. The molecule has 0 radical (unpaired) electrons. The summed E-state index contributed by atoms with van der Waals surface area (Å²) in [6, 6.07) is 10.7. The largest absolute Gasteiger partial charge is 0.490 e. The van der Waals surface area contributed by atoms with Crippen LogP contribution < -0.4 is 20.1 Å². The molecule has 2 aromatic rings. The highest BCUT2D eigenvalue weighted by molar-refractivity contribution is 6.14. The van der Waals surface area contributed by atoms with E-state index in [1.165, 1.54) is 12.1 Å². The highest BCUT2D eigenvalue weighted by Gasteiger charge is 2.22. The van der Waals surface area contributed by atoms with Gasteiger partial charge < -0.3 is 14.8 Å². The molecule has 1 aliphatic heterocycles. The summed E-state index contributed by atoms with van der Waals surface area (Å²) in [5.41, 5.74) is 1.52. The van der Waals surface area contributed by atoms with Crippen molar-refractivity contribution in [3.8, 4) is 11.5 Å². The van der Waals surface area contributed by atoms with Gasteiger partial charge in [-0.25, -0.2) is 9.18 Å². The fourth-order valence-electron chi connectivity index (χ4n) is 2.44. The second kappa shape index (κ2) is 7.69. The van der Waals surface area contributed by atoms with E-state index >= 15 is 0 Å². The molecule has 3 amide bonds. The molecular weight excluding hydrogens is 339 g/mol. The van der Waals surface area contributed by atoms with E-state index in [2.05, 4.69) is 10.6 Å². The van der Waals surface area contributed by atoms with Crippen molar-refractivity contribution in [2.45, 2.75) is 13.5 Å². The molecule has 1 saturated heterocycles. The summed E-state index contributed by atoms with van der Waals surface area (Å²) >= 11 is 0. The number of carbonyl (C=O) groups excluding carboxylic acids is 2. The van der Waals surface area contributed by atoms with Crippen LogP contribution in [-0.2, 0) is 11.4 Å². The number of halogens is 1. The molecule has 0 aliphatic carbocycles. The fourth-order valence-corrected chi connectivity index (χ4v) is 2.44. The lowest BCUT2D eigenvalue weighted by atomic mass is 10.1. The van der Waals surface area contributed by atoms with Crippen LogP contribution in [0.15, 0.2) is 48.2 Å². The molecule has 0 aromatic heterocycles. The molecule has 6 nitrogen and oxygen atoms in total. The maximum atomic E-state index is 13.2. The summed E-state index contributed by atoms with van der Waals surface area (Å²) in [5.74, 6) is 0.176. The van der Waals surface area contributed by atoms with E-state index in [0.717, 1.165) is 0 Å². The van der Waals surface area contributed by atoms with Gasteiger partial charge in [-0.2, -0.15) is 0 Å². The summed E-state index contributed by atoms with van der Waals surface area (Å²) in [6.07, 6.45) is 1.54. The predicted octanol–water partition coefficient (Wildman–Crippen LogP) is 2.98. The smallest absolute Gasteiger partial charge is 0.326 e. The van der Waals surface area contributed by atoms with Gasteiger partial charge in [-0.05, 0) is 48.4 Å². The normalized spacial score (nSPS) is 14.9. The van der Waals surface area contributed by atoms with E-state index in [9.17, 15) is 14.0 Å². The second-order valence-corrected chi connectivity index (χ2v) is 5.52. The highest BCUT2D eigenvalue weighted by atomic mass is 19.1. The minimum absolute atomic E-state index is 0.158. The Labute approximate surface area is 149 Å². The number of rotatable bonds is 6. The molecule has 2 N–H and O–H groups in total. The first-order valence-electron chi connectivity index (χ1n) is 8.03. The van der Waals surface area contributed by atoms with Crippen molar-refractivity contribution in [2.24, 2.45) is 0 Å². The van der Waals surface area contributed by atoms with Crippen molar-refractivity contribution in [1.29, 1.82) is 0 Å². The third kappa shape index (κ3) is 4.18. The number of amides is 3. The van der Waals surface area contributed by atoms with Crippen LogP contribution in [0, 0.1) is 5.82 Å². The van der Waals surface area contributed by atoms with Gasteiger partial charge in [-0.3, -0.25) is 10.1 Å². The Balaban J connectivity index is 1.79. The van der Waals surface area contributed by atoms with Gasteiger partial charge in [-0.15, -0.1) is 0 Å². The van der Waals surface area contributed by atoms with Gasteiger partial charge in [0.05, 0.1) is 6.61 Å². The van der Waals surface area contributed by atoms with Crippen LogP contribution in [0.4, 0.5) is 9.18 Å². The third-order valence-electron chi connectivity index (χ3n) is 3.58. The number of urea groups is 1. The van der Waals surface area contributed by atoms with Gasteiger partial charge in [0.25, 0.3) is 5.91 Å². The molecule has 1 aliphatic rings. The zero-order chi connectivity index (χ0) is 18.5. The molecule has 7 heteroatoms. The van der Waals surface area contributed by atoms with Crippen LogP contribution >= 0.6 is 0 Å². The predicted molar refractivity (Wildman–Crippen MR) is 93.0 cm³/mol. The number of hydrogen-bond donors (Lipinski definition) is 2. The first kappa shape index (κ1) is 17.5. The van der Waals surface area contributed by atoms with Gasteiger partial charge in [0.2, 0.25) is 0 Å². The van der Waals surface area contributed by atoms with E-state index in [0.29, 0.717) is 29.2 Å². The lowest BCUT2D eigenvalue weighted by Gasteiger charge is -2.13. The minimum atomic E-state index is -0.554. The summed E-state index contributed by atoms with van der Waals surface area (Å²) in [6.45, 7) is 2.45. The monoisotopic (exact) mass is 356 g/mol. The maximum Gasteiger partial charge on any atom is 0.326 e. The third-order valence-corrected chi connectivity index (χ3v) is 3.58. The van der Waals surface area contributed by atoms with Crippen LogP contribution in [0.2, 0.25) is 0 Å². The first-order chi connectivity index (χ1) is 12.5. The zero-order valence-corrected chi connectivity index (χ0v) is 14.0. The van der Waals surface area contributed by atoms with Gasteiger partial charge in [0.1, 0.15) is 18.1 Å². The lowest BCUT2D eigenvalue weighted by Crippen LogP contribution is -2.22. The van der Waals surface area contributed by atoms with Crippen molar-refractivity contribution in [3.05, 3.63) is 65.1 Å². The first-order valence-corrected chi connectivity index (χ1v) is 8.03. The quantitative estimate of drug-likeness (QED) is 0.616. The SMILES string of the molecule is CCOc1cc(C=C2NC(=O)NC2=O)ccc1OCc1cccc(F)c1. The van der Waals surface area contributed by atoms with E-state index in [1.54, 1.807) is 36.4 Å². The molecule has 1 heterocycles. The Morgan fingerprint density at radius 3 is 2.58 bits per heavy atom. The van der Waals surface area contributed by atoms with Crippen molar-refractivity contribution in [2.75, 3.05) is 6.61 Å². The number of hydrogen-bond acceptors (Lipinski definition) is 4. The summed E-state index contributed by atoms with van der Waals surface area (Å²) in [7, 11) is 0. The Hall–Kier alpha value is -3.35. The Morgan fingerprint density at radius 1 is 1.04 bits per heavy atom. The number of imide groups is 1. The van der Waals surface area contributed by atoms with E-state index in [1.807, 2.05) is 6.92 Å². The Bertz CT molecular complexity index is 880. The van der Waals surface area contributed by atoms with Crippen molar-refractivity contribution >= 4 is 18.0 Å². The van der Waals surface area contributed by atoms with E-state index in [-0.39, 0.29) is 18.1 Å². The Kier molecular flexibility index (Phi) is 5.17. The van der Waals surface area contributed by atoms with E-state index < -0.39 is 11.9 Å². The maximum absolute atomic E-state index is 13.2. The average Bonchev–Trinajstić information content (AvgIpc) is 2.92. The molecule has 3 rings (SSSR count). The zero-order valence-electron chi connectivity index (χ0n) is 14.0. The van der Waals surface area contributed by atoms with Gasteiger partial charge in [0.15, 0.2) is 11.5 Å². The van der Waals surface area contributed by atoms with Crippen LogP contribution in [0.3, 0.4) is 0 Å². The van der Waals surface area contributed by atoms with Gasteiger partial charge in [0, 0.05) is 0 Å². The Morgan fingerprint density at radius 2 is 1.88 bits per heavy atom. The molecule has 26 heavy (non-hydrogen) atoms. The van der Waals surface area contributed by atoms with Crippen LogP contribution in [0.5, 0.6) is 11.5 Å². The van der Waals surface area contributed by atoms with Gasteiger partial charge >= 0.3 is 6.03 Å². The summed E-state index contributed by atoms with van der Waals surface area (Å²) in [4.78, 5) is 22.8. The highest BCUT2D eigenvalue weighted by Crippen LogP contribution is 2.30. The van der Waals surface area contributed by atoms with Crippen molar-refractivity contribution in [3.63, 3.8) is 0 Å². The molecule has 0 unspecified atom stereocenters. The number of ether oxygens (including phenoxy) is 2. The van der Waals surface area contributed by atoms with Crippen molar-refractivity contribution < 1.29 is 23.5 Å². The van der Waals surface area contributed by atoms with Crippen molar-refractivity contribution in [1.82, 2.24) is 10.6 Å². The molecule has 0 bridgehead atoms. The fraction of sp³-hybridized carbons (Fsp3) is 0.158. The number of benzene rings is 2. The second-order valence-electron chi connectivity index (χ2n) is 5.52. The molecule has 1 fully saturated rings. The summed E-state index contributed by atoms with van der Waals surface area (Å²) in [5, 5.41) is 4.56. The standard InChI is InChI=1S/C19H17FN2O4/c1-2-25-17-10-12(9-15-18(23)22-19(24)21-15)6-7-16(17)26-11-13-4-3-5-14(20)8-13/h3-10H,2,11H2,1H3,(H2,21,22,23,24). The van der Waals surface area contributed by atoms with E-state index in [4.69, 9.17) is 9.47 Å². The minimum Gasteiger partial charge on any atom is -0.490 e. The van der Waals surface area contributed by atoms with Crippen LogP contribution in [0.25, 0.3) is 6.08 Å². The number of nitrogens with one attached hydrogen (secondary N) is 2.